The Labute approximate surface area is 387 Å². The summed E-state index contributed by atoms with van der Waals surface area (Å²) >= 11 is 0. The van der Waals surface area contributed by atoms with Gasteiger partial charge in [-0.3, -0.25) is 38.9 Å². The van der Waals surface area contributed by atoms with Crippen molar-refractivity contribution in [3.05, 3.63) is 89.4 Å². The lowest BCUT2D eigenvalue weighted by molar-refractivity contribution is -0.136. The number of ether oxygens (including phenoxy) is 6. The molecule has 5 heterocycles. The monoisotopic (exact) mass is 923 g/mol. The van der Waals surface area contributed by atoms with Crippen LogP contribution in [0.15, 0.2) is 67.1 Å². The predicted molar refractivity (Wildman–Crippen MR) is 244 cm³/mol. The molecule has 20 nitrogen and oxygen atoms in total. The Hall–Kier alpha value is -6.42. The van der Waals surface area contributed by atoms with Gasteiger partial charge >= 0.3 is 0 Å². The summed E-state index contributed by atoms with van der Waals surface area (Å²) in [6.45, 7) is 8.18. The lowest BCUT2D eigenvalue weighted by atomic mass is 9.99. The number of rotatable bonds is 29. The maximum Gasteiger partial charge on any atom is 0.262 e. The number of aromatic nitrogens is 5. The summed E-state index contributed by atoms with van der Waals surface area (Å²) in [7, 11) is 0. The van der Waals surface area contributed by atoms with E-state index >= 15 is 0 Å². The van der Waals surface area contributed by atoms with E-state index in [1.165, 1.54) is 0 Å². The van der Waals surface area contributed by atoms with E-state index in [9.17, 15) is 24.0 Å². The van der Waals surface area contributed by atoms with Gasteiger partial charge in [0, 0.05) is 60.7 Å². The quantitative estimate of drug-likeness (QED) is 0.0394. The fourth-order valence-corrected chi connectivity index (χ4v) is 7.59. The average molecular weight is 924 g/mol. The highest BCUT2D eigenvalue weighted by Gasteiger charge is 2.45. The molecule has 0 saturated carbocycles. The Balaban J connectivity index is 0.644. The Bertz CT molecular complexity index is 2460. The van der Waals surface area contributed by atoms with Crippen molar-refractivity contribution in [2.45, 2.75) is 51.6 Å². The van der Waals surface area contributed by atoms with Crippen LogP contribution in [-0.2, 0) is 51.0 Å². The zero-order chi connectivity index (χ0) is 46.8. The minimum atomic E-state index is -0.993. The number of H-pyrrole nitrogens is 1. The Morgan fingerprint density at radius 2 is 1.46 bits per heavy atom. The molecule has 356 valence electrons. The number of piperidine rings is 1. The van der Waals surface area contributed by atoms with Crippen molar-refractivity contribution >= 4 is 52.2 Å². The third-order valence-electron chi connectivity index (χ3n) is 10.9. The van der Waals surface area contributed by atoms with Crippen LogP contribution in [0.3, 0.4) is 0 Å². The second-order valence-corrected chi connectivity index (χ2v) is 15.7. The number of carbonyl (C=O) groups is 5. The van der Waals surface area contributed by atoms with Gasteiger partial charge in [-0.25, -0.2) is 4.98 Å². The highest BCUT2D eigenvalue weighted by Crippen LogP contribution is 2.31. The zero-order valence-electron chi connectivity index (χ0n) is 37.6. The number of carbonyl (C=O) groups excluding carboxylic acids is 5. The first-order chi connectivity index (χ1) is 32.8. The van der Waals surface area contributed by atoms with E-state index in [0.29, 0.717) is 121 Å². The van der Waals surface area contributed by atoms with Crippen LogP contribution in [0.1, 0.15) is 69.2 Å². The second-order valence-electron chi connectivity index (χ2n) is 15.7. The summed E-state index contributed by atoms with van der Waals surface area (Å²) in [6.07, 6.45) is 7.95. The molecule has 0 radical (unpaired) electrons. The topological polar surface area (TPSA) is 239 Å². The van der Waals surface area contributed by atoms with Crippen molar-refractivity contribution in [3.63, 3.8) is 0 Å². The van der Waals surface area contributed by atoms with Crippen LogP contribution in [0.25, 0.3) is 22.3 Å². The first kappa shape index (κ1) is 48.5. The van der Waals surface area contributed by atoms with Gasteiger partial charge < -0.3 is 44.0 Å². The van der Waals surface area contributed by atoms with E-state index in [0.717, 1.165) is 45.8 Å². The van der Waals surface area contributed by atoms with Gasteiger partial charge in [0.1, 0.15) is 11.7 Å². The van der Waals surface area contributed by atoms with Crippen molar-refractivity contribution in [1.29, 1.82) is 0 Å². The van der Waals surface area contributed by atoms with Gasteiger partial charge in [-0.1, -0.05) is 19.1 Å². The number of anilines is 2. The fourth-order valence-electron chi connectivity index (χ4n) is 7.59. The van der Waals surface area contributed by atoms with Gasteiger partial charge in [-0.15, -0.1) is 0 Å². The summed E-state index contributed by atoms with van der Waals surface area (Å²) in [4.78, 5) is 76.4. The van der Waals surface area contributed by atoms with Gasteiger partial charge in [0.05, 0.1) is 95.7 Å². The minimum Gasteiger partial charge on any atom is -0.379 e. The Morgan fingerprint density at radius 1 is 0.791 bits per heavy atom. The molecule has 1 saturated heterocycles. The van der Waals surface area contributed by atoms with Crippen LogP contribution in [0.4, 0.5) is 11.6 Å². The molecule has 5 aromatic rings. The molecule has 1 unspecified atom stereocenters. The molecule has 0 bridgehead atoms. The van der Waals surface area contributed by atoms with E-state index in [-0.39, 0.29) is 24.3 Å². The zero-order valence-corrected chi connectivity index (χ0v) is 37.6. The van der Waals surface area contributed by atoms with Gasteiger partial charge in [-0.2, -0.15) is 10.1 Å². The number of fused-ring (bicyclic) bond motifs is 2. The van der Waals surface area contributed by atoms with Crippen molar-refractivity contribution in [3.8, 4) is 11.3 Å². The Kier molecular flexibility index (Phi) is 18.0. The van der Waals surface area contributed by atoms with Crippen LogP contribution in [-0.4, -0.2) is 151 Å². The molecule has 67 heavy (non-hydrogen) atoms. The highest BCUT2D eigenvalue weighted by atomic mass is 16.6. The van der Waals surface area contributed by atoms with Crippen molar-refractivity contribution in [1.82, 2.24) is 40.3 Å². The number of aryl methyl sites for hydroxylation is 2. The molecule has 5 amide bonds. The first-order valence-electron chi connectivity index (χ1n) is 22.6. The standard InChI is InChI=1S/C47H57N9O11/c1-2-17-55-31-34(30-50-55)41-37-14-15-48-42(37)54-47(53-41)51-35-10-8-33(9-11-35)43(58)49-16-19-63-21-23-65-25-27-67-29-28-66-26-24-64-22-20-62-18-4-6-32-5-3-7-36-40(32)46(61)56(45(36)60)38-12-13-39(57)52-44(38)59/h3,5,7-11,14-15,30-31,38H,2,4,6,12-13,16-29H2,1H3,(H,49,58)(H,52,57,59)(H2,48,51,53,54). The number of hydrogen-bond donors (Lipinski definition) is 4. The molecule has 20 heteroatoms. The fraction of sp³-hybridized carbons (Fsp3) is 0.447. The van der Waals surface area contributed by atoms with Gasteiger partial charge in [0.2, 0.25) is 17.8 Å². The summed E-state index contributed by atoms with van der Waals surface area (Å²) in [5.41, 5.74) is 4.96. The molecule has 1 fully saturated rings. The summed E-state index contributed by atoms with van der Waals surface area (Å²) in [5, 5.41) is 13.7. The molecular formula is C47H57N9O11. The second kappa shape index (κ2) is 24.9. The van der Waals surface area contributed by atoms with E-state index in [2.05, 4.69) is 37.9 Å². The molecule has 7 rings (SSSR count). The molecule has 2 aromatic carbocycles. The van der Waals surface area contributed by atoms with Gasteiger partial charge in [-0.05, 0) is 67.6 Å². The molecule has 0 spiro atoms. The van der Waals surface area contributed by atoms with Gasteiger partial charge in [0.15, 0.2) is 0 Å². The lowest BCUT2D eigenvalue weighted by Gasteiger charge is -2.27. The van der Waals surface area contributed by atoms with E-state index in [1.807, 2.05) is 41.5 Å². The number of hydrogen-bond acceptors (Lipinski definition) is 15. The third kappa shape index (κ3) is 13.4. The largest absolute Gasteiger partial charge is 0.379 e. The smallest absolute Gasteiger partial charge is 0.262 e. The average Bonchev–Trinajstić information content (AvgIpc) is 4.07. The molecule has 3 aromatic heterocycles. The third-order valence-corrected chi connectivity index (χ3v) is 10.9. The van der Waals surface area contributed by atoms with Crippen LogP contribution < -0.4 is 16.0 Å². The van der Waals surface area contributed by atoms with Crippen LogP contribution in [0.5, 0.6) is 0 Å². The number of nitrogens with one attached hydrogen (secondary N) is 4. The van der Waals surface area contributed by atoms with Crippen molar-refractivity contribution in [2.24, 2.45) is 0 Å². The van der Waals surface area contributed by atoms with Crippen LogP contribution in [0, 0.1) is 0 Å². The normalized spacial score (nSPS) is 14.8. The highest BCUT2D eigenvalue weighted by molar-refractivity contribution is 6.24. The van der Waals surface area contributed by atoms with Crippen LogP contribution in [0.2, 0.25) is 0 Å². The van der Waals surface area contributed by atoms with Crippen molar-refractivity contribution in [2.75, 3.05) is 91.1 Å². The molecular weight excluding hydrogens is 867 g/mol. The number of amides is 5. The molecule has 2 aliphatic rings. The first-order valence-corrected chi connectivity index (χ1v) is 22.6. The number of imide groups is 2. The lowest BCUT2D eigenvalue weighted by Crippen LogP contribution is -2.54. The Morgan fingerprint density at radius 3 is 2.13 bits per heavy atom. The molecule has 0 aliphatic carbocycles. The van der Waals surface area contributed by atoms with E-state index < -0.39 is 29.7 Å². The molecule has 4 N–H and O–H groups in total. The summed E-state index contributed by atoms with van der Waals surface area (Å²) in [5.74, 6) is -1.84. The molecule has 2 aliphatic heterocycles. The molecule has 1 atom stereocenters. The maximum atomic E-state index is 13.2. The summed E-state index contributed by atoms with van der Waals surface area (Å²) in [6, 6.07) is 13.2. The number of nitrogens with zero attached hydrogens (tertiary/aromatic N) is 5. The van der Waals surface area contributed by atoms with Crippen molar-refractivity contribution < 1.29 is 52.4 Å². The van der Waals surface area contributed by atoms with Crippen LogP contribution >= 0.6 is 0 Å². The van der Waals surface area contributed by atoms with E-state index in [1.54, 1.807) is 30.3 Å². The SMILES string of the molecule is CCCn1cc(-c2nc(Nc3ccc(C(=O)NCCOCCOCCOCCOCCOCCOCCCc4cccc5c4C(=O)N(C4CCC(=O)NC4=O)C5=O)cc3)nc3[nH]ccc23)cn1. The maximum absolute atomic E-state index is 13.2. The number of benzene rings is 2. The van der Waals surface area contributed by atoms with E-state index in [4.69, 9.17) is 33.4 Å². The predicted octanol–water partition coefficient (Wildman–Crippen LogP) is 3.84. The summed E-state index contributed by atoms with van der Waals surface area (Å²) < 4.78 is 35.3. The van der Waals surface area contributed by atoms with Gasteiger partial charge in [0.25, 0.3) is 17.7 Å². The number of aromatic amines is 1. The minimum absolute atomic E-state index is 0.0739.